The summed E-state index contributed by atoms with van der Waals surface area (Å²) in [5.74, 6) is 0. The van der Waals surface area contributed by atoms with Gasteiger partial charge >= 0.3 is 0 Å². The van der Waals surface area contributed by atoms with Crippen molar-refractivity contribution >= 4 is 5.69 Å². The summed E-state index contributed by atoms with van der Waals surface area (Å²) in [5.41, 5.74) is 3.75. The van der Waals surface area contributed by atoms with Crippen LogP contribution in [0.15, 0.2) is 79.0 Å². The maximum absolute atomic E-state index is 2.23. The molecular weight excluding hydrogens is 218 g/mol. The topological polar surface area (TPSA) is 3.24 Å². The van der Waals surface area contributed by atoms with Crippen molar-refractivity contribution in [3.8, 4) is 11.1 Å². The number of nitrogens with zero attached hydrogens (tertiary/aromatic N) is 1. The van der Waals surface area contributed by atoms with Crippen LogP contribution in [0.2, 0.25) is 0 Å². The van der Waals surface area contributed by atoms with Gasteiger partial charge in [-0.2, -0.15) is 0 Å². The van der Waals surface area contributed by atoms with Gasteiger partial charge in [0, 0.05) is 18.4 Å². The van der Waals surface area contributed by atoms with E-state index in [1.165, 1.54) is 16.8 Å². The summed E-state index contributed by atoms with van der Waals surface area (Å²) in [6.07, 6.45) is 8.41. The molecule has 0 saturated carbocycles. The van der Waals surface area contributed by atoms with Crippen molar-refractivity contribution in [3.63, 3.8) is 0 Å². The van der Waals surface area contributed by atoms with Crippen LogP contribution >= 0.6 is 0 Å². The van der Waals surface area contributed by atoms with Crippen molar-refractivity contribution in [2.24, 2.45) is 0 Å². The zero-order chi connectivity index (χ0) is 12.2. The summed E-state index contributed by atoms with van der Waals surface area (Å²) < 4.78 is 0. The van der Waals surface area contributed by atoms with Gasteiger partial charge in [0.1, 0.15) is 0 Å². The van der Waals surface area contributed by atoms with Crippen molar-refractivity contribution in [1.29, 1.82) is 0 Å². The molecule has 1 heteroatoms. The van der Waals surface area contributed by atoms with Crippen molar-refractivity contribution in [2.75, 3.05) is 11.4 Å². The lowest BCUT2D eigenvalue weighted by Gasteiger charge is -2.20. The average Bonchev–Trinajstić information content (AvgIpc) is 2.49. The molecule has 0 atom stereocenters. The fourth-order valence-electron chi connectivity index (χ4n) is 2.13. The molecule has 1 heterocycles. The van der Waals surface area contributed by atoms with Crippen LogP contribution < -0.4 is 4.90 Å². The molecule has 0 radical (unpaired) electrons. The zero-order valence-corrected chi connectivity index (χ0v) is 10.2. The van der Waals surface area contributed by atoms with E-state index in [9.17, 15) is 0 Å². The van der Waals surface area contributed by atoms with Gasteiger partial charge in [0.2, 0.25) is 0 Å². The number of benzene rings is 2. The Morgan fingerprint density at radius 1 is 0.722 bits per heavy atom. The van der Waals surface area contributed by atoms with Crippen molar-refractivity contribution in [1.82, 2.24) is 0 Å². The molecule has 0 fully saturated rings. The molecule has 0 aliphatic carbocycles. The molecule has 0 N–H and O–H groups in total. The molecule has 2 aromatic rings. The molecule has 1 nitrogen and oxygen atoms in total. The molecule has 1 aliphatic heterocycles. The second kappa shape index (κ2) is 4.92. The molecule has 0 spiro atoms. The highest BCUT2D eigenvalue weighted by atomic mass is 15.1. The summed E-state index contributed by atoms with van der Waals surface area (Å²) in [4.78, 5) is 2.23. The first-order valence-corrected chi connectivity index (χ1v) is 6.19. The van der Waals surface area contributed by atoms with Gasteiger partial charge in [0.05, 0.1) is 0 Å². The third-order valence-electron chi connectivity index (χ3n) is 3.12. The standard InChI is InChI=1S/C17H15N/c1-3-7-15(8-4-1)16-9-11-17(12-10-16)18-13-5-2-6-14-18/h1-13H,14H2. The second-order valence-corrected chi connectivity index (χ2v) is 4.33. The number of allylic oxidation sites excluding steroid dienone is 2. The van der Waals surface area contributed by atoms with Crippen molar-refractivity contribution < 1.29 is 0 Å². The van der Waals surface area contributed by atoms with Gasteiger partial charge in [-0.1, -0.05) is 54.6 Å². The summed E-state index contributed by atoms with van der Waals surface area (Å²) in [6, 6.07) is 19.2. The van der Waals surface area contributed by atoms with Crippen LogP contribution in [0.25, 0.3) is 11.1 Å². The molecule has 0 amide bonds. The average molecular weight is 233 g/mol. The third kappa shape index (κ3) is 2.21. The number of hydrogen-bond acceptors (Lipinski definition) is 1. The molecular formula is C17H15N. The summed E-state index contributed by atoms with van der Waals surface area (Å²) in [5, 5.41) is 0. The SMILES string of the molecule is C1=CCN(c2ccc(-c3ccccc3)cc2)C=C1. The zero-order valence-electron chi connectivity index (χ0n) is 10.2. The monoisotopic (exact) mass is 233 g/mol. The van der Waals surface area contributed by atoms with E-state index in [1.54, 1.807) is 0 Å². The minimum Gasteiger partial charge on any atom is -0.344 e. The van der Waals surface area contributed by atoms with Gasteiger partial charge in [0.25, 0.3) is 0 Å². The van der Waals surface area contributed by atoms with E-state index in [1.807, 2.05) is 6.07 Å². The number of rotatable bonds is 2. The van der Waals surface area contributed by atoms with E-state index in [-0.39, 0.29) is 0 Å². The fraction of sp³-hybridized carbons (Fsp3) is 0.0588. The van der Waals surface area contributed by atoms with Gasteiger partial charge in [-0.05, 0) is 29.3 Å². The summed E-state index contributed by atoms with van der Waals surface area (Å²) >= 11 is 0. The molecule has 0 saturated heterocycles. The van der Waals surface area contributed by atoms with Crippen molar-refractivity contribution in [3.05, 3.63) is 79.0 Å². The molecule has 0 bridgehead atoms. The van der Waals surface area contributed by atoms with E-state index in [0.29, 0.717) is 0 Å². The molecule has 0 unspecified atom stereocenters. The van der Waals surface area contributed by atoms with Crippen LogP contribution in [0.1, 0.15) is 0 Å². The Labute approximate surface area is 108 Å². The Morgan fingerprint density at radius 2 is 1.44 bits per heavy atom. The van der Waals surface area contributed by atoms with Crippen LogP contribution in [0.5, 0.6) is 0 Å². The second-order valence-electron chi connectivity index (χ2n) is 4.33. The predicted molar refractivity (Wildman–Crippen MR) is 77.5 cm³/mol. The highest BCUT2D eigenvalue weighted by Gasteiger charge is 2.03. The van der Waals surface area contributed by atoms with E-state index < -0.39 is 0 Å². The molecule has 0 aromatic heterocycles. The van der Waals surface area contributed by atoms with Crippen LogP contribution in [-0.4, -0.2) is 6.54 Å². The van der Waals surface area contributed by atoms with Gasteiger partial charge in [-0.25, -0.2) is 0 Å². The molecule has 2 aromatic carbocycles. The Hall–Kier alpha value is -2.28. The Balaban J connectivity index is 1.85. The van der Waals surface area contributed by atoms with E-state index in [2.05, 4.69) is 77.9 Å². The maximum atomic E-state index is 2.23. The molecule has 88 valence electrons. The van der Waals surface area contributed by atoms with Gasteiger partial charge in [-0.3, -0.25) is 0 Å². The van der Waals surface area contributed by atoms with E-state index in [4.69, 9.17) is 0 Å². The molecule has 1 aliphatic rings. The predicted octanol–water partition coefficient (Wildman–Crippen LogP) is 4.24. The fourth-order valence-corrected chi connectivity index (χ4v) is 2.13. The first-order chi connectivity index (χ1) is 8.93. The number of anilines is 1. The molecule has 3 rings (SSSR count). The van der Waals surface area contributed by atoms with Crippen LogP contribution in [0.4, 0.5) is 5.69 Å². The first kappa shape index (κ1) is 10.8. The van der Waals surface area contributed by atoms with Crippen molar-refractivity contribution in [2.45, 2.75) is 0 Å². The highest BCUT2D eigenvalue weighted by Crippen LogP contribution is 2.23. The lowest BCUT2D eigenvalue weighted by molar-refractivity contribution is 1.07. The van der Waals surface area contributed by atoms with Crippen LogP contribution in [0.3, 0.4) is 0 Å². The number of hydrogen-bond donors (Lipinski definition) is 0. The third-order valence-corrected chi connectivity index (χ3v) is 3.12. The van der Waals surface area contributed by atoms with E-state index >= 15 is 0 Å². The Kier molecular flexibility index (Phi) is 2.97. The maximum Gasteiger partial charge on any atom is 0.0409 e. The minimum absolute atomic E-state index is 0.946. The van der Waals surface area contributed by atoms with E-state index in [0.717, 1.165) is 6.54 Å². The minimum atomic E-state index is 0.946. The lowest BCUT2D eigenvalue weighted by atomic mass is 10.1. The van der Waals surface area contributed by atoms with Gasteiger partial charge < -0.3 is 4.90 Å². The van der Waals surface area contributed by atoms with Gasteiger partial charge in [-0.15, -0.1) is 0 Å². The summed E-state index contributed by atoms with van der Waals surface area (Å²) in [7, 11) is 0. The Bertz CT molecular complexity index is 564. The first-order valence-electron chi connectivity index (χ1n) is 6.19. The van der Waals surface area contributed by atoms with Crippen LogP contribution in [0, 0.1) is 0 Å². The lowest BCUT2D eigenvalue weighted by Crippen LogP contribution is -2.17. The normalized spacial score (nSPS) is 13.9. The van der Waals surface area contributed by atoms with Crippen LogP contribution in [-0.2, 0) is 0 Å². The molecule has 18 heavy (non-hydrogen) atoms. The van der Waals surface area contributed by atoms with Gasteiger partial charge in [0.15, 0.2) is 0 Å². The largest absolute Gasteiger partial charge is 0.344 e. The Morgan fingerprint density at radius 3 is 2.11 bits per heavy atom. The summed E-state index contributed by atoms with van der Waals surface area (Å²) in [6.45, 7) is 0.946. The smallest absolute Gasteiger partial charge is 0.0409 e. The highest BCUT2D eigenvalue weighted by molar-refractivity contribution is 5.66. The quantitative estimate of drug-likeness (QED) is 0.749.